The highest BCUT2D eigenvalue weighted by Gasteiger charge is 2.14. The fraction of sp³-hybridized carbons (Fsp3) is 0.0909. The third-order valence-corrected chi connectivity index (χ3v) is 7.16. The highest BCUT2D eigenvalue weighted by Crippen LogP contribution is 2.36. The molecule has 0 saturated carbocycles. The van der Waals surface area contributed by atoms with Gasteiger partial charge < -0.3 is 8.98 Å². The molecule has 7 rings (SSSR count). The predicted octanol–water partition coefficient (Wildman–Crippen LogP) is 9.03. The number of aryl methyl sites for hydroxylation is 2. The van der Waals surface area contributed by atoms with Gasteiger partial charge in [-0.15, -0.1) is 0 Å². The molecule has 0 unspecified atom stereocenters. The summed E-state index contributed by atoms with van der Waals surface area (Å²) in [5.41, 5.74) is 10.7. The molecule has 5 aromatic carbocycles. The lowest BCUT2D eigenvalue weighted by Gasteiger charge is -2.08. The van der Waals surface area contributed by atoms with Crippen LogP contribution in [0.1, 0.15) is 16.7 Å². The minimum atomic E-state index is 0.857. The lowest BCUT2D eigenvalue weighted by Crippen LogP contribution is -1.99. The summed E-state index contributed by atoms with van der Waals surface area (Å²) in [4.78, 5) is 0. The van der Waals surface area contributed by atoms with Gasteiger partial charge in [0.15, 0.2) is 0 Å². The van der Waals surface area contributed by atoms with Gasteiger partial charge in [-0.1, -0.05) is 65.7 Å². The standard InChI is InChI=1S/C33H25NO/c1-21-8-12-30-26(16-21)27-18-24(10-13-31(27)34(30)20-23-6-4-3-5-7-23)25-11-15-33-29(19-25)28-17-22(2)9-14-32(28)35-33/h3-19H,20H2,1-2H3. The largest absolute Gasteiger partial charge is 0.456 e. The number of benzene rings is 5. The average Bonchev–Trinajstić information content (AvgIpc) is 3.39. The Morgan fingerprint density at radius 1 is 0.543 bits per heavy atom. The van der Waals surface area contributed by atoms with E-state index in [0.717, 1.165) is 17.7 Å². The fourth-order valence-electron chi connectivity index (χ4n) is 5.40. The van der Waals surface area contributed by atoms with E-state index in [9.17, 15) is 0 Å². The first-order valence-corrected chi connectivity index (χ1v) is 12.1. The van der Waals surface area contributed by atoms with Crippen LogP contribution in [0.3, 0.4) is 0 Å². The van der Waals surface area contributed by atoms with Crippen LogP contribution >= 0.6 is 0 Å². The number of rotatable bonds is 3. The maximum Gasteiger partial charge on any atom is 0.135 e. The van der Waals surface area contributed by atoms with Crippen LogP contribution in [-0.4, -0.2) is 4.57 Å². The van der Waals surface area contributed by atoms with Gasteiger partial charge in [-0.3, -0.25) is 0 Å². The Labute approximate surface area is 204 Å². The van der Waals surface area contributed by atoms with Gasteiger partial charge in [0.1, 0.15) is 11.2 Å². The zero-order valence-corrected chi connectivity index (χ0v) is 19.9. The molecule has 0 N–H and O–H groups in total. The van der Waals surface area contributed by atoms with E-state index >= 15 is 0 Å². The highest BCUT2D eigenvalue weighted by molar-refractivity contribution is 6.10. The Balaban J connectivity index is 1.43. The molecule has 0 amide bonds. The summed E-state index contributed by atoms with van der Waals surface area (Å²) in [5, 5.41) is 4.95. The first kappa shape index (κ1) is 20.1. The van der Waals surface area contributed by atoms with E-state index in [4.69, 9.17) is 4.42 Å². The molecule has 168 valence electrons. The van der Waals surface area contributed by atoms with Gasteiger partial charge in [-0.25, -0.2) is 0 Å². The zero-order valence-electron chi connectivity index (χ0n) is 19.9. The number of aromatic nitrogens is 1. The quantitative estimate of drug-likeness (QED) is 0.262. The molecule has 0 bridgehead atoms. The number of nitrogens with zero attached hydrogens (tertiary/aromatic N) is 1. The molecule has 0 fully saturated rings. The predicted molar refractivity (Wildman–Crippen MR) is 147 cm³/mol. The smallest absolute Gasteiger partial charge is 0.135 e. The second-order valence-corrected chi connectivity index (χ2v) is 9.64. The van der Waals surface area contributed by atoms with Crippen molar-refractivity contribution in [2.75, 3.05) is 0 Å². The molecule has 0 aliphatic heterocycles. The number of fused-ring (bicyclic) bond motifs is 6. The van der Waals surface area contributed by atoms with E-state index in [2.05, 4.69) is 122 Å². The van der Waals surface area contributed by atoms with E-state index in [-0.39, 0.29) is 0 Å². The van der Waals surface area contributed by atoms with Crippen LogP contribution in [0.15, 0.2) is 108 Å². The van der Waals surface area contributed by atoms with Crippen LogP contribution in [0.5, 0.6) is 0 Å². The molecular formula is C33H25NO. The lowest BCUT2D eigenvalue weighted by atomic mass is 10.00. The van der Waals surface area contributed by atoms with E-state index < -0.39 is 0 Å². The molecule has 2 aromatic heterocycles. The van der Waals surface area contributed by atoms with Gasteiger partial charge in [-0.2, -0.15) is 0 Å². The summed E-state index contributed by atoms with van der Waals surface area (Å²) in [6.45, 7) is 5.16. The Morgan fingerprint density at radius 3 is 1.86 bits per heavy atom. The minimum absolute atomic E-state index is 0.857. The summed E-state index contributed by atoms with van der Waals surface area (Å²) >= 11 is 0. The normalized spacial score (nSPS) is 11.8. The van der Waals surface area contributed by atoms with Crippen molar-refractivity contribution in [2.24, 2.45) is 0 Å². The van der Waals surface area contributed by atoms with Crippen LogP contribution in [0.2, 0.25) is 0 Å². The van der Waals surface area contributed by atoms with E-state index in [0.29, 0.717) is 0 Å². The van der Waals surface area contributed by atoms with Crippen LogP contribution in [0.25, 0.3) is 54.9 Å². The molecular weight excluding hydrogens is 426 g/mol. The van der Waals surface area contributed by atoms with Gasteiger partial charge in [-0.05, 0) is 79.1 Å². The van der Waals surface area contributed by atoms with Crippen LogP contribution in [0.4, 0.5) is 0 Å². The van der Waals surface area contributed by atoms with E-state index in [1.807, 2.05) is 0 Å². The Kier molecular flexibility index (Phi) is 4.37. The van der Waals surface area contributed by atoms with E-state index in [1.54, 1.807) is 0 Å². The lowest BCUT2D eigenvalue weighted by molar-refractivity contribution is 0.669. The molecule has 0 aliphatic rings. The molecule has 0 saturated heterocycles. The number of hydrogen-bond acceptors (Lipinski definition) is 1. The van der Waals surface area contributed by atoms with Gasteiger partial charge in [0.05, 0.1) is 0 Å². The van der Waals surface area contributed by atoms with Crippen LogP contribution in [-0.2, 0) is 6.54 Å². The van der Waals surface area contributed by atoms with Gasteiger partial charge >= 0.3 is 0 Å². The van der Waals surface area contributed by atoms with Crippen molar-refractivity contribution < 1.29 is 4.42 Å². The van der Waals surface area contributed by atoms with Crippen LogP contribution < -0.4 is 0 Å². The van der Waals surface area contributed by atoms with Gasteiger partial charge in [0.25, 0.3) is 0 Å². The molecule has 2 heterocycles. The van der Waals surface area contributed by atoms with Crippen molar-refractivity contribution in [1.82, 2.24) is 4.57 Å². The number of hydrogen-bond donors (Lipinski definition) is 0. The first-order valence-electron chi connectivity index (χ1n) is 12.1. The third kappa shape index (κ3) is 3.25. The van der Waals surface area contributed by atoms with Crippen molar-refractivity contribution in [2.45, 2.75) is 20.4 Å². The molecule has 0 spiro atoms. The average molecular weight is 452 g/mol. The summed E-state index contributed by atoms with van der Waals surface area (Å²) in [6, 6.07) is 37.3. The van der Waals surface area contributed by atoms with E-state index in [1.165, 1.54) is 60.4 Å². The molecule has 35 heavy (non-hydrogen) atoms. The molecule has 7 aromatic rings. The van der Waals surface area contributed by atoms with Crippen LogP contribution in [0, 0.1) is 13.8 Å². The summed E-state index contributed by atoms with van der Waals surface area (Å²) in [6.07, 6.45) is 0. The maximum atomic E-state index is 6.10. The molecule has 2 nitrogen and oxygen atoms in total. The summed E-state index contributed by atoms with van der Waals surface area (Å²) in [5.74, 6) is 0. The number of furan rings is 1. The second-order valence-electron chi connectivity index (χ2n) is 9.64. The third-order valence-electron chi connectivity index (χ3n) is 7.16. The molecule has 0 radical (unpaired) electrons. The topological polar surface area (TPSA) is 18.1 Å². The molecule has 2 heteroatoms. The summed E-state index contributed by atoms with van der Waals surface area (Å²) < 4.78 is 8.54. The van der Waals surface area contributed by atoms with Crippen molar-refractivity contribution >= 4 is 43.7 Å². The zero-order chi connectivity index (χ0) is 23.5. The summed E-state index contributed by atoms with van der Waals surface area (Å²) in [7, 11) is 0. The Morgan fingerprint density at radius 2 is 1.09 bits per heavy atom. The highest BCUT2D eigenvalue weighted by atomic mass is 16.3. The van der Waals surface area contributed by atoms with Crippen molar-refractivity contribution in [1.29, 1.82) is 0 Å². The molecule has 0 atom stereocenters. The SMILES string of the molecule is Cc1ccc2oc3ccc(-c4ccc5c(c4)c4cc(C)ccc4n5Cc4ccccc4)cc3c2c1. The molecule has 0 aliphatic carbocycles. The van der Waals surface area contributed by atoms with Crippen molar-refractivity contribution in [3.05, 3.63) is 120 Å². The monoisotopic (exact) mass is 451 g/mol. The minimum Gasteiger partial charge on any atom is -0.456 e. The van der Waals surface area contributed by atoms with Crippen molar-refractivity contribution in [3.8, 4) is 11.1 Å². The Bertz CT molecular complexity index is 1890. The Hall–Kier alpha value is -4.30. The second kappa shape index (κ2) is 7.61. The fourth-order valence-corrected chi connectivity index (χ4v) is 5.40. The maximum absolute atomic E-state index is 6.10. The van der Waals surface area contributed by atoms with Gasteiger partial charge in [0.2, 0.25) is 0 Å². The van der Waals surface area contributed by atoms with Crippen molar-refractivity contribution in [3.63, 3.8) is 0 Å². The van der Waals surface area contributed by atoms with Gasteiger partial charge in [0, 0.05) is 39.1 Å². The first-order chi connectivity index (χ1) is 17.1.